The average molecular weight is 335 g/mol. The smallest absolute Gasteiger partial charge is 0.224 e. The van der Waals surface area contributed by atoms with E-state index in [2.05, 4.69) is 10.4 Å². The number of carbonyl (C=O) groups excluding carboxylic acids is 1. The van der Waals surface area contributed by atoms with E-state index in [0.717, 1.165) is 22.6 Å². The zero-order chi connectivity index (χ0) is 17.5. The van der Waals surface area contributed by atoms with Crippen LogP contribution in [0.25, 0.3) is 0 Å². The maximum Gasteiger partial charge on any atom is 0.224 e. The van der Waals surface area contributed by atoms with Crippen LogP contribution in [0.5, 0.6) is 5.75 Å². The molecule has 0 fully saturated rings. The van der Waals surface area contributed by atoms with E-state index in [9.17, 15) is 4.79 Å². The lowest BCUT2D eigenvalue weighted by Gasteiger charge is -2.11. The van der Waals surface area contributed by atoms with Crippen molar-refractivity contribution >= 4 is 11.6 Å². The van der Waals surface area contributed by atoms with Crippen LogP contribution in [0, 0.1) is 0 Å². The number of hydrogen-bond acceptors (Lipinski definition) is 3. The molecule has 1 amide bonds. The van der Waals surface area contributed by atoms with Crippen LogP contribution in [0.3, 0.4) is 0 Å². The number of rotatable bonds is 7. The van der Waals surface area contributed by atoms with Gasteiger partial charge < -0.3 is 10.1 Å². The lowest BCUT2D eigenvalue weighted by Crippen LogP contribution is -2.14. The van der Waals surface area contributed by atoms with E-state index in [-0.39, 0.29) is 5.91 Å². The van der Waals surface area contributed by atoms with E-state index in [4.69, 9.17) is 4.74 Å². The van der Waals surface area contributed by atoms with Crippen LogP contribution in [-0.2, 0) is 17.8 Å². The van der Waals surface area contributed by atoms with Gasteiger partial charge in [0.2, 0.25) is 5.91 Å². The van der Waals surface area contributed by atoms with Crippen molar-refractivity contribution < 1.29 is 9.53 Å². The van der Waals surface area contributed by atoms with Gasteiger partial charge in [0.1, 0.15) is 5.75 Å². The summed E-state index contributed by atoms with van der Waals surface area (Å²) < 4.78 is 6.98. The Hall–Kier alpha value is -3.08. The van der Waals surface area contributed by atoms with Gasteiger partial charge in [0.15, 0.2) is 0 Å². The first-order valence-electron chi connectivity index (χ1n) is 8.23. The van der Waals surface area contributed by atoms with Gasteiger partial charge >= 0.3 is 0 Å². The Bertz CT molecular complexity index is 811. The Morgan fingerprint density at radius 2 is 1.92 bits per heavy atom. The summed E-state index contributed by atoms with van der Waals surface area (Å²) in [5, 5.41) is 7.23. The van der Waals surface area contributed by atoms with Crippen molar-refractivity contribution in [2.75, 3.05) is 12.4 Å². The van der Waals surface area contributed by atoms with Crippen LogP contribution < -0.4 is 10.1 Å². The summed E-state index contributed by atoms with van der Waals surface area (Å²) in [5.41, 5.74) is 2.97. The van der Waals surface area contributed by atoms with Gasteiger partial charge in [0.05, 0.1) is 13.7 Å². The number of nitrogens with zero attached hydrogens (tertiary/aromatic N) is 2. The molecule has 0 saturated heterocycles. The third-order valence-corrected chi connectivity index (χ3v) is 3.98. The monoisotopic (exact) mass is 335 g/mol. The summed E-state index contributed by atoms with van der Waals surface area (Å²) in [5.74, 6) is 0.824. The van der Waals surface area contributed by atoms with Crippen LogP contribution in [0.15, 0.2) is 67.0 Å². The molecule has 0 aliphatic heterocycles. The van der Waals surface area contributed by atoms with E-state index in [1.54, 1.807) is 13.3 Å². The molecule has 1 heterocycles. The molecule has 1 N–H and O–H groups in total. The molecule has 2 aromatic carbocycles. The Morgan fingerprint density at radius 1 is 1.12 bits per heavy atom. The number of nitrogens with one attached hydrogen (secondary N) is 1. The molecule has 0 radical (unpaired) electrons. The summed E-state index contributed by atoms with van der Waals surface area (Å²) in [4.78, 5) is 12.3. The molecule has 0 aliphatic carbocycles. The highest BCUT2D eigenvalue weighted by Crippen LogP contribution is 2.17. The van der Waals surface area contributed by atoms with Crippen molar-refractivity contribution in [1.82, 2.24) is 9.78 Å². The molecule has 128 valence electrons. The highest BCUT2D eigenvalue weighted by Gasteiger charge is 2.08. The van der Waals surface area contributed by atoms with Gasteiger partial charge in [-0.3, -0.25) is 9.48 Å². The molecule has 0 saturated carbocycles. The molecule has 5 heteroatoms. The average Bonchev–Trinajstić information content (AvgIpc) is 3.15. The largest absolute Gasteiger partial charge is 0.497 e. The number of para-hydroxylation sites is 1. The van der Waals surface area contributed by atoms with E-state index in [1.807, 2.05) is 65.5 Å². The second-order valence-corrected chi connectivity index (χ2v) is 5.76. The minimum atomic E-state index is 0.00346. The number of aryl methyl sites for hydroxylation is 1. The van der Waals surface area contributed by atoms with Crippen molar-refractivity contribution in [3.8, 4) is 5.75 Å². The summed E-state index contributed by atoms with van der Waals surface area (Å²) in [6, 6.07) is 17.5. The third kappa shape index (κ3) is 4.70. The molecule has 0 aliphatic rings. The number of anilines is 1. The second kappa shape index (κ2) is 8.15. The zero-order valence-corrected chi connectivity index (χ0v) is 14.2. The molecule has 1 aromatic heterocycles. The molecule has 3 rings (SSSR count). The first kappa shape index (κ1) is 16.8. The molecule has 5 nitrogen and oxygen atoms in total. The molecule has 0 unspecified atom stereocenters. The minimum Gasteiger partial charge on any atom is -0.497 e. The Morgan fingerprint density at radius 3 is 2.64 bits per heavy atom. The number of methoxy groups -OCH3 is 1. The lowest BCUT2D eigenvalue weighted by molar-refractivity contribution is -0.116. The summed E-state index contributed by atoms with van der Waals surface area (Å²) in [7, 11) is 1.64. The number of hydrogen-bond donors (Lipinski definition) is 1. The quantitative estimate of drug-likeness (QED) is 0.719. The number of aromatic nitrogens is 2. The van der Waals surface area contributed by atoms with Gasteiger partial charge in [-0.1, -0.05) is 30.3 Å². The molecule has 3 aromatic rings. The minimum absolute atomic E-state index is 0.00346. The SMILES string of the molecule is COc1ccc(CCC(=O)Nc2ccccc2Cn2cccn2)cc1. The summed E-state index contributed by atoms with van der Waals surface area (Å²) in [6.07, 6.45) is 4.78. The third-order valence-electron chi connectivity index (χ3n) is 3.98. The van der Waals surface area contributed by atoms with E-state index < -0.39 is 0 Å². The predicted molar refractivity (Wildman–Crippen MR) is 97.7 cm³/mol. The van der Waals surface area contributed by atoms with Crippen LogP contribution >= 0.6 is 0 Å². The summed E-state index contributed by atoms with van der Waals surface area (Å²) >= 11 is 0. The molecule has 0 atom stereocenters. The Kier molecular flexibility index (Phi) is 5.46. The van der Waals surface area contributed by atoms with Crippen LogP contribution in [0.4, 0.5) is 5.69 Å². The van der Waals surface area contributed by atoms with Gasteiger partial charge in [0.25, 0.3) is 0 Å². The standard InChI is InChI=1S/C20H21N3O2/c1-25-18-10-7-16(8-11-18)9-12-20(24)22-19-6-3-2-5-17(19)15-23-14-4-13-21-23/h2-8,10-11,13-14H,9,12,15H2,1H3,(H,22,24). The van der Waals surface area contributed by atoms with Gasteiger partial charge in [-0.2, -0.15) is 5.10 Å². The van der Waals surface area contributed by atoms with Crippen molar-refractivity contribution in [3.05, 3.63) is 78.1 Å². The fourth-order valence-electron chi connectivity index (χ4n) is 2.61. The van der Waals surface area contributed by atoms with Gasteiger partial charge in [-0.25, -0.2) is 0 Å². The first-order valence-corrected chi connectivity index (χ1v) is 8.23. The zero-order valence-electron chi connectivity index (χ0n) is 14.2. The topological polar surface area (TPSA) is 56.1 Å². The van der Waals surface area contributed by atoms with Crippen molar-refractivity contribution in [3.63, 3.8) is 0 Å². The van der Waals surface area contributed by atoms with Gasteiger partial charge in [-0.05, 0) is 41.8 Å². The lowest BCUT2D eigenvalue weighted by atomic mass is 10.1. The van der Waals surface area contributed by atoms with E-state index in [0.29, 0.717) is 19.4 Å². The van der Waals surface area contributed by atoms with E-state index in [1.165, 1.54) is 0 Å². The second-order valence-electron chi connectivity index (χ2n) is 5.76. The number of ether oxygens (including phenoxy) is 1. The molecule has 25 heavy (non-hydrogen) atoms. The Balaban J connectivity index is 1.59. The molecule has 0 bridgehead atoms. The maximum atomic E-state index is 12.3. The highest BCUT2D eigenvalue weighted by atomic mass is 16.5. The highest BCUT2D eigenvalue weighted by molar-refractivity contribution is 5.91. The predicted octanol–water partition coefficient (Wildman–Crippen LogP) is 3.51. The molecular formula is C20H21N3O2. The first-order chi connectivity index (χ1) is 12.2. The van der Waals surface area contributed by atoms with Crippen molar-refractivity contribution in [2.45, 2.75) is 19.4 Å². The van der Waals surface area contributed by atoms with Crippen molar-refractivity contribution in [1.29, 1.82) is 0 Å². The number of benzene rings is 2. The van der Waals surface area contributed by atoms with E-state index >= 15 is 0 Å². The van der Waals surface area contributed by atoms with Gasteiger partial charge in [-0.15, -0.1) is 0 Å². The van der Waals surface area contributed by atoms with Crippen LogP contribution in [0.2, 0.25) is 0 Å². The summed E-state index contributed by atoms with van der Waals surface area (Å²) in [6.45, 7) is 0.627. The van der Waals surface area contributed by atoms with Gasteiger partial charge in [0, 0.05) is 24.5 Å². The maximum absolute atomic E-state index is 12.3. The van der Waals surface area contributed by atoms with Crippen LogP contribution in [-0.4, -0.2) is 22.8 Å². The fraction of sp³-hybridized carbons (Fsp3) is 0.200. The number of carbonyl (C=O) groups is 1. The van der Waals surface area contributed by atoms with Crippen LogP contribution in [0.1, 0.15) is 17.5 Å². The Labute approximate surface area is 147 Å². The molecular weight excluding hydrogens is 314 g/mol. The fourth-order valence-corrected chi connectivity index (χ4v) is 2.61. The normalized spacial score (nSPS) is 10.4. The number of amides is 1. The van der Waals surface area contributed by atoms with Crippen molar-refractivity contribution in [2.24, 2.45) is 0 Å². The molecule has 0 spiro atoms.